The number of aliphatic hydroxyl groups excluding tert-OH is 1. The Morgan fingerprint density at radius 3 is 2.50 bits per heavy atom. The summed E-state index contributed by atoms with van der Waals surface area (Å²) in [6.07, 6.45) is -0.654. The van der Waals surface area contributed by atoms with Crippen molar-refractivity contribution in [3.05, 3.63) is 0 Å². The number of aldehydes is 1. The molecule has 3 nitrogen and oxygen atoms in total. The lowest BCUT2D eigenvalue weighted by atomic mass is 10.2. The van der Waals surface area contributed by atoms with E-state index in [-0.39, 0.29) is 6.29 Å². The summed E-state index contributed by atoms with van der Waals surface area (Å²) in [5.41, 5.74) is 0. The van der Waals surface area contributed by atoms with Crippen LogP contribution >= 0.6 is 0 Å². The number of aliphatic hydroxyl groups is 1. The molecule has 0 aliphatic carbocycles. The van der Waals surface area contributed by atoms with Crippen LogP contribution in [0.25, 0.3) is 0 Å². The molecule has 0 aliphatic rings. The zero-order chi connectivity index (χ0) is 6.57. The van der Waals surface area contributed by atoms with E-state index in [1.807, 2.05) is 0 Å². The molecule has 0 aromatic rings. The summed E-state index contributed by atoms with van der Waals surface area (Å²) in [5, 5.41) is 8.55. The molecule has 0 rings (SSSR count). The van der Waals surface area contributed by atoms with Crippen LogP contribution in [0.5, 0.6) is 0 Å². The van der Waals surface area contributed by atoms with Crippen molar-refractivity contribution in [3.8, 4) is 0 Å². The van der Waals surface area contributed by atoms with Gasteiger partial charge in [-0.05, 0) is 6.42 Å². The van der Waals surface area contributed by atoms with Gasteiger partial charge in [-0.3, -0.25) is 9.59 Å². The molecule has 0 aromatic carbocycles. The van der Waals surface area contributed by atoms with Crippen LogP contribution in [0.3, 0.4) is 0 Å². The fraction of sp³-hybridized carbons (Fsp3) is 0.600. The van der Waals surface area contributed by atoms with Crippen LogP contribution in [0, 0.1) is 0 Å². The summed E-state index contributed by atoms with van der Waals surface area (Å²) < 4.78 is 0. The maximum atomic E-state index is 10.1. The predicted octanol–water partition coefficient (Wildman–Crippen LogP) is -0.475. The van der Waals surface area contributed by atoms with Crippen LogP contribution in [0.4, 0.5) is 0 Å². The van der Waals surface area contributed by atoms with Gasteiger partial charge in [-0.25, -0.2) is 0 Å². The highest BCUT2D eigenvalue weighted by Crippen LogP contribution is 1.87. The normalized spacial score (nSPS) is 12.8. The van der Waals surface area contributed by atoms with E-state index in [0.717, 1.165) is 0 Å². The Morgan fingerprint density at radius 1 is 1.88 bits per heavy atom. The Labute approximate surface area is 47.3 Å². The van der Waals surface area contributed by atoms with Crippen LogP contribution < -0.4 is 0 Å². The minimum Gasteiger partial charge on any atom is -0.385 e. The van der Waals surface area contributed by atoms with Gasteiger partial charge >= 0.3 is 0 Å². The molecule has 0 saturated carbocycles. The van der Waals surface area contributed by atoms with Gasteiger partial charge in [0.2, 0.25) is 5.78 Å². The Balaban J connectivity index is 3.62. The molecule has 0 radical (unpaired) electrons. The van der Waals surface area contributed by atoms with Gasteiger partial charge in [-0.1, -0.05) is 6.92 Å². The van der Waals surface area contributed by atoms with E-state index in [9.17, 15) is 9.59 Å². The maximum Gasteiger partial charge on any atom is 0.223 e. The molecule has 0 aromatic heterocycles. The molecular weight excluding hydrogens is 108 g/mol. The highest BCUT2D eigenvalue weighted by atomic mass is 16.3. The second kappa shape index (κ2) is 3.32. The molecule has 0 fully saturated rings. The van der Waals surface area contributed by atoms with Gasteiger partial charge in [0.25, 0.3) is 0 Å². The van der Waals surface area contributed by atoms with E-state index in [0.29, 0.717) is 6.42 Å². The molecule has 0 amide bonds. The molecule has 0 heterocycles. The maximum absolute atomic E-state index is 10.1. The van der Waals surface area contributed by atoms with Crippen molar-refractivity contribution < 1.29 is 14.7 Å². The summed E-state index contributed by atoms with van der Waals surface area (Å²) in [4.78, 5) is 19.7. The first-order chi connectivity index (χ1) is 3.72. The van der Waals surface area contributed by atoms with Crippen LogP contribution in [-0.4, -0.2) is 23.3 Å². The standard InChI is InChI=1S/C5H8O3/c1-2-4(7)5(8)3-6/h3-4,7H,2H2,1H3. The van der Waals surface area contributed by atoms with Gasteiger partial charge < -0.3 is 5.11 Å². The van der Waals surface area contributed by atoms with Crippen molar-refractivity contribution >= 4 is 12.1 Å². The minimum absolute atomic E-state index is 0.133. The molecule has 46 valence electrons. The summed E-state index contributed by atoms with van der Waals surface area (Å²) in [6.45, 7) is 1.63. The van der Waals surface area contributed by atoms with Gasteiger partial charge in [0.1, 0.15) is 6.10 Å². The monoisotopic (exact) mass is 116 g/mol. The van der Waals surface area contributed by atoms with Crippen LogP contribution in [0.1, 0.15) is 13.3 Å². The molecule has 8 heavy (non-hydrogen) atoms. The first-order valence-corrected chi connectivity index (χ1v) is 2.39. The Hall–Kier alpha value is -0.700. The lowest BCUT2D eigenvalue weighted by Gasteiger charge is -1.96. The Morgan fingerprint density at radius 2 is 2.38 bits per heavy atom. The van der Waals surface area contributed by atoms with Crippen molar-refractivity contribution in [1.82, 2.24) is 0 Å². The van der Waals surface area contributed by atoms with Gasteiger partial charge in [0, 0.05) is 0 Å². The van der Waals surface area contributed by atoms with E-state index in [2.05, 4.69) is 0 Å². The summed E-state index contributed by atoms with van der Waals surface area (Å²) in [6, 6.07) is 0. The lowest BCUT2D eigenvalue weighted by Crippen LogP contribution is -2.19. The largest absolute Gasteiger partial charge is 0.385 e. The fourth-order valence-electron chi connectivity index (χ4n) is 0.280. The molecule has 0 saturated heterocycles. The highest BCUT2D eigenvalue weighted by molar-refractivity contribution is 6.26. The molecule has 0 bridgehead atoms. The first kappa shape index (κ1) is 7.30. The lowest BCUT2D eigenvalue weighted by molar-refractivity contribution is -0.135. The van der Waals surface area contributed by atoms with Crippen molar-refractivity contribution in [1.29, 1.82) is 0 Å². The van der Waals surface area contributed by atoms with Gasteiger partial charge in [0.15, 0.2) is 6.29 Å². The zero-order valence-electron chi connectivity index (χ0n) is 4.63. The quantitative estimate of drug-likeness (QED) is 0.400. The number of rotatable bonds is 3. The van der Waals surface area contributed by atoms with Gasteiger partial charge in [-0.2, -0.15) is 0 Å². The smallest absolute Gasteiger partial charge is 0.223 e. The predicted molar refractivity (Wildman–Crippen MR) is 27.4 cm³/mol. The first-order valence-electron chi connectivity index (χ1n) is 2.39. The second-order valence-corrected chi connectivity index (χ2v) is 1.44. The van der Waals surface area contributed by atoms with Gasteiger partial charge in [-0.15, -0.1) is 0 Å². The third kappa shape index (κ3) is 1.84. The van der Waals surface area contributed by atoms with Gasteiger partial charge in [0.05, 0.1) is 0 Å². The molecule has 0 spiro atoms. The average molecular weight is 116 g/mol. The number of carbonyl (C=O) groups excluding carboxylic acids is 2. The van der Waals surface area contributed by atoms with Crippen LogP contribution in [0.2, 0.25) is 0 Å². The van der Waals surface area contributed by atoms with E-state index in [1.54, 1.807) is 6.92 Å². The topological polar surface area (TPSA) is 54.4 Å². The minimum atomic E-state index is -1.09. The van der Waals surface area contributed by atoms with Crippen molar-refractivity contribution in [2.24, 2.45) is 0 Å². The van der Waals surface area contributed by atoms with Crippen LogP contribution in [-0.2, 0) is 9.59 Å². The molecule has 1 atom stereocenters. The number of hydrogen-bond acceptors (Lipinski definition) is 3. The van der Waals surface area contributed by atoms with Crippen molar-refractivity contribution in [2.75, 3.05) is 0 Å². The third-order valence-electron chi connectivity index (χ3n) is 0.831. The van der Waals surface area contributed by atoms with E-state index < -0.39 is 11.9 Å². The molecule has 3 heteroatoms. The number of Topliss-reactive ketones (excluding diaryl/α,β-unsaturated/α-hetero) is 1. The summed E-state index contributed by atoms with van der Waals surface area (Å²) in [7, 11) is 0. The zero-order valence-corrected chi connectivity index (χ0v) is 4.63. The van der Waals surface area contributed by atoms with Crippen molar-refractivity contribution in [3.63, 3.8) is 0 Å². The van der Waals surface area contributed by atoms with Crippen LogP contribution in [0.15, 0.2) is 0 Å². The summed E-state index contributed by atoms with van der Waals surface area (Å²) >= 11 is 0. The molecule has 1 N–H and O–H groups in total. The van der Waals surface area contributed by atoms with E-state index in [1.165, 1.54) is 0 Å². The van der Waals surface area contributed by atoms with E-state index in [4.69, 9.17) is 5.11 Å². The SMILES string of the molecule is CCC(O)C(=O)C=O. The van der Waals surface area contributed by atoms with Crippen molar-refractivity contribution in [2.45, 2.75) is 19.4 Å². The molecular formula is C5H8O3. The second-order valence-electron chi connectivity index (χ2n) is 1.44. The highest BCUT2D eigenvalue weighted by Gasteiger charge is 2.09. The Bertz CT molecular complexity index is 97.8. The summed E-state index contributed by atoms with van der Waals surface area (Å²) in [5.74, 6) is -0.743. The number of carbonyl (C=O) groups is 2. The molecule has 1 unspecified atom stereocenters. The third-order valence-corrected chi connectivity index (χ3v) is 0.831. The fourth-order valence-corrected chi connectivity index (χ4v) is 0.280. The molecule has 0 aliphatic heterocycles. The Kier molecular flexibility index (Phi) is 3.03. The number of ketones is 1. The van der Waals surface area contributed by atoms with E-state index >= 15 is 0 Å². The number of hydrogen-bond donors (Lipinski definition) is 1. The average Bonchev–Trinajstić information content (AvgIpc) is 1.84.